The molecular weight excluding hydrogens is 330 g/mol. The number of likely N-dealkylation sites (N-methyl/N-ethyl adjacent to an activating group) is 1. The first-order valence-corrected chi connectivity index (χ1v) is 8.66. The van der Waals surface area contributed by atoms with Gasteiger partial charge in [0.1, 0.15) is 24.2 Å². The number of aliphatic hydroxyl groups is 1. The molecule has 140 valence electrons. The predicted octanol–water partition coefficient (Wildman–Crippen LogP) is 3.33. The highest BCUT2D eigenvalue weighted by atomic mass is 16.5. The Hall–Kier alpha value is -2.37. The molecule has 2 rings (SSSR count). The first-order valence-electron chi connectivity index (χ1n) is 8.66. The van der Waals surface area contributed by atoms with Gasteiger partial charge in [-0.15, -0.1) is 0 Å². The number of ketones is 1. The summed E-state index contributed by atoms with van der Waals surface area (Å²) in [5.74, 6) is 1.48. The van der Waals surface area contributed by atoms with Gasteiger partial charge >= 0.3 is 0 Å². The van der Waals surface area contributed by atoms with Crippen molar-refractivity contribution in [2.45, 2.75) is 26.0 Å². The zero-order chi connectivity index (χ0) is 19.1. The van der Waals surface area contributed by atoms with Crippen LogP contribution in [0.15, 0.2) is 48.5 Å². The summed E-state index contributed by atoms with van der Waals surface area (Å²) in [7, 11) is 3.62. The molecule has 2 unspecified atom stereocenters. The summed E-state index contributed by atoms with van der Waals surface area (Å²) in [5.41, 5.74) is 1.80. The summed E-state index contributed by atoms with van der Waals surface area (Å²) in [5, 5.41) is 10.3. The van der Waals surface area contributed by atoms with Crippen LogP contribution in [0, 0.1) is 0 Å². The summed E-state index contributed by atoms with van der Waals surface area (Å²) in [6.07, 6.45) is -0.617. The molecule has 0 fully saturated rings. The number of hydrogen-bond acceptors (Lipinski definition) is 5. The molecule has 26 heavy (non-hydrogen) atoms. The summed E-state index contributed by atoms with van der Waals surface area (Å²) in [6.45, 7) is 4.30. The maximum atomic E-state index is 11.3. The molecule has 0 aliphatic carbocycles. The van der Waals surface area contributed by atoms with E-state index in [-0.39, 0.29) is 18.4 Å². The van der Waals surface area contributed by atoms with Gasteiger partial charge in [-0.2, -0.15) is 0 Å². The Labute approximate surface area is 155 Å². The minimum absolute atomic E-state index is 0.0192. The van der Waals surface area contributed by atoms with Crippen molar-refractivity contribution in [2.75, 3.05) is 27.3 Å². The molecule has 0 saturated heterocycles. The van der Waals surface area contributed by atoms with Gasteiger partial charge < -0.3 is 14.6 Å². The van der Waals surface area contributed by atoms with Gasteiger partial charge in [0.25, 0.3) is 0 Å². The topological polar surface area (TPSA) is 59.0 Å². The Morgan fingerprint density at radius 2 is 1.65 bits per heavy atom. The summed E-state index contributed by atoms with van der Waals surface area (Å²) >= 11 is 0. The van der Waals surface area contributed by atoms with E-state index in [9.17, 15) is 9.90 Å². The molecule has 0 bridgehead atoms. The zero-order valence-electron chi connectivity index (χ0n) is 15.8. The van der Waals surface area contributed by atoms with Gasteiger partial charge in [-0.1, -0.05) is 12.1 Å². The van der Waals surface area contributed by atoms with Crippen LogP contribution >= 0.6 is 0 Å². The summed E-state index contributed by atoms with van der Waals surface area (Å²) in [4.78, 5) is 13.3. The second-order valence-electron chi connectivity index (χ2n) is 6.43. The average Bonchev–Trinajstić information content (AvgIpc) is 2.66. The van der Waals surface area contributed by atoms with Crippen LogP contribution in [0.1, 0.15) is 35.8 Å². The fourth-order valence-corrected chi connectivity index (χ4v) is 2.66. The van der Waals surface area contributed by atoms with E-state index in [1.165, 1.54) is 6.92 Å². The van der Waals surface area contributed by atoms with Gasteiger partial charge in [0.15, 0.2) is 5.78 Å². The molecule has 0 amide bonds. The van der Waals surface area contributed by atoms with Crippen LogP contribution in [-0.2, 0) is 0 Å². The van der Waals surface area contributed by atoms with E-state index >= 15 is 0 Å². The lowest BCUT2D eigenvalue weighted by molar-refractivity contribution is 0.0653. The normalized spacial score (nSPS) is 13.3. The predicted molar refractivity (Wildman–Crippen MR) is 102 cm³/mol. The summed E-state index contributed by atoms with van der Waals surface area (Å²) < 4.78 is 10.8. The first kappa shape index (κ1) is 19.9. The van der Waals surface area contributed by atoms with Crippen molar-refractivity contribution in [3.63, 3.8) is 0 Å². The van der Waals surface area contributed by atoms with Crippen molar-refractivity contribution >= 4 is 5.78 Å². The number of methoxy groups -OCH3 is 1. The average molecular weight is 357 g/mol. The standard InChI is InChI=1S/C21H27NO4/c1-15(17-5-9-20(25-4)10-6-17)22(3)13-19(24)14-26-21-11-7-18(8-12-21)16(2)23/h5-12,15,19,24H,13-14H2,1-4H3. The number of ether oxygens (including phenoxy) is 2. The van der Waals surface area contributed by atoms with Gasteiger partial charge in [0, 0.05) is 18.2 Å². The van der Waals surface area contributed by atoms with E-state index in [0.717, 1.165) is 11.3 Å². The number of benzene rings is 2. The second-order valence-corrected chi connectivity index (χ2v) is 6.43. The van der Waals surface area contributed by atoms with E-state index in [1.807, 2.05) is 31.3 Å². The highest BCUT2D eigenvalue weighted by Crippen LogP contribution is 2.22. The largest absolute Gasteiger partial charge is 0.497 e. The van der Waals surface area contributed by atoms with E-state index in [2.05, 4.69) is 11.8 Å². The molecule has 1 N–H and O–H groups in total. The van der Waals surface area contributed by atoms with Crippen LogP contribution in [-0.4, -0.2) is 49.2 Å². The van der Waals surface area contributed by atoms with Gasteiger partial charge in [0.2, 0.25) is 0 Å². The monoisotopic (exact) mass is 357 g/mol. The van der Waals surface area contributed by atoms with Crippen LogP contribution in [0.5, 0.6) is 11.5 Å². The van der Waals surface area contributed by atoms with Gasteiger partial charge in [-0.05, 0) is 62.9 Å². The Kier molecular flexibility index (Phi) is 7.18. The molecule has 5 nitrogen and oxygen atoms in total. The Balaban J connectivity index is 1.83. The van der Waals surface area contributed by atoms with Crippen molar-refractivity contribution < 1.29 is 19.4 Å². The molecule has 2 atom stereocenters. The lowest BCUT2D eigenvalue weighted by Crippen LogP contribution is -2.34. The zero-order valence-corrected chi connectivity index (χ0v) is 15.8. The van der Waals surface area contributed by atoms with E-state index in [4.69, 9.17) is 9.47 Å². The number of carbonyl (C=O) groups excluding carboxylic acids is 1. The third-order valence-electron chi connectivity index (χ3n) is 4.46. The Bertz CT molecular complexity index is 697. The Morgan fingerprint density at radius 1 is 1.08 bits per heavy atom. The number of carbonyl (C=O) groups is 1. The van der Waals surface area contributed by atoms with Crippen LogP contribution < -0.4 is 9.47 Å². The van der Waals surface area contributed by atoms with Crippen LogP contribution in [0.4, 0.5) is 0 Å². The van der Waals surface area contributed by atoms with Crippen molar-refractivity contribution in [3.8, 4) is 11.5 Å². The minimum atomic E-state index is -0.617. The number of aliphatic hydroxyl groups excluding tert-OH is 1. The molecule has 2 aromatic rings. The molecule has 0 aliphatic rings. The van der Waals surface area contributed by atoms with Crippen molar-refractivity contribution in [2.24, 2.45) is 0 Å². The first-order chi connectivity index (χ1) is 12.4. The maximum Gasteiger partial charge on any atom is 0.159 e. The number of Topliss-reactive ketones (excluding diaryl/α,β-unsaturated/α-hetero) is 1. The number of nitrogens with zero attached hydrogens (tertiary/aromatic N) is 1. The molecule has 0 spiro atoms. The maximum absolute atomic E-state index is 11.3. The highest BCUT2D eigenvalue weighted by Gasteiger charge is 2.16. The third kappa shape index (κ3) is 5.58. The lowest BCUT2D eigenvalue weighted by Gasteiger charge is -2.27. The molecular formula is C21H27NO4. The fourth-order valence-electron chi connectivity index (χ4n) is 2.66. The van der Waals surface area contributed by atoms with Crippen LogP contribution in [0.25, 0.3) is 0 Å². The molecule has 0 aliphatic heterocycles. The molecule has 2 aromatic carbocycles. The van der Waals surface area contributed by atoms with Gasteiger partial charge in [0.05, 0.1) is 7.11 Å². The summed E-state index contributed by atoms with van der Waals surface area (Å²) in [6, 6.07) is 15.0. The number of hydrogen-bond donors (Lipinski definition) is 1. The highest BCUT2D eigenvalue weighted by molar-refractivity contribution is 5.94. The third-order valence-corrected chi connectivity index (χ3v) is 4.46. The van der Waals surface area contributed by atoms with Gasteiger partial charge in [-0.25, -0.2) is 0 Å². The minimum Gasteiger partial charge on any atom is -0.497 e. The van der Waals surface area contributed by atoms with E-state index in [0.29, 0.717) is 17.9 Å². The molecule has 0 radical (unpaired) electrons. The molecule has 5 heteroatoms. The second kappa shape index (κ2) is 9.36. The van der Waals surface area contributed by atoms with Gasteiger partial charge in [-0.3, -0.25) is 9.69 Å². The fraction of sp³-hybridized carbons (Fsp3) is 0.381. The number of rotatable bonds is 9. The van der Waals surface area contributed by atoms with E-state index < -0.39 is 6.10 Å². The van der Waals surface area contributed by atoms with Crippen molar-refractivity contribution in [1.29, 1.82) is 0 Å². The van der Waals surface area contributed by atoms with Crippen LogP contribution in [0.3, 0.4) is 0 Å². The molecule has 0 aromatic heterocycles. The smallest absolute Gasteiger partial charge is 0.159 e. The van der Waals surface area contributed by atoms with Crippen molar-refractivity contribution in [1.82, 2.24) is 4.90 Å². The SMILES string of the molecule is COc1ccc(C(C)N(C)CC(O)COc2ccc(C(C)=O)cc2)cc1. The quantitative estimate of drug-likeness (QED) is 0.698. The lowest BCUT2D eigenvalue weighted by atomic mass is 10.1. The van der Waals surface area contributed by atoms with E-state index in [1.54, 1.807) is 31.4 Å². The molecule has 0 saturated carbocycles. The van der Waals surface area contributed by atoms with Crippen molar-refractivity contribution in [3.05, 3.63) is 59.7 Å². The molecule has 0 heterocycles. The Morgan fingerprint density at radius 3 is 2.19 bits per heavy atom. The van der Waals surface area contributed by atoms with Crippen LogP contribution in [0.2, 0.25) is 0 Å².